The van der Waals surface area contributed by atoms with E-state index in [1.807, 2.05) is 0 Å². The average molecular weight is 226 g/mol. The standard InChI is InChI=1S/C13H26N2O/c1-2-5-11-8-13(11)14-9-12(16)10-15-6-3-4-7-15/h11-14,16H,2-10H2,1H3. The highest BCUT2D eigenvalue weighted by Crippen LogP contribution is 2.34. The molecule has 0 bridgehead atoms. The molecule has 1 heterocycles. The van der Waals surface area contributed by atoms with Crippen molar-refractivity contribution in [2.24, 2.45) is 5.92 Å². The minimum atomic E-state index is -0.180. The third-order valence-corrected chi connectivity index (χ3v) is 3.87. The molecule has 1 saturated heterocycles. The minimum absolute atomic E-state index is 0.180. The van der Waals surface area contributed by atoms with Gasteiger partial charge in [0.2, 0.25) is 0 Å². The van der Waals surface area contributed by atoms with Crippen molar-refractivity contribution in [1.29, 1.82) is 0 Å². The third kappa shape index (κ3) is 3.72. The molecule has 0 spiro atoms. The maximum Gasteiger partial charge on any atom is 0.0791 e. The topological polar surface area (TPSA) is 35.5 Å². The van der Waals surface area contributed by atoms with Crippen molar-refractivity contribution in [2.75, 3.05) is 26.2 Å². The number of likely N-dealkylation sites (tertiary alicyclic amines) is 1. The summed E-state index contributed by atoms with van der Waals surface area (Å²) in [6, 6.07) is 0.702. The predicted molar refractivity (Wildman–Crippen MR) is 66.5 cm³/mol. The van der Waals surface area contributed by atoms with Crippen molar-refractivity contribution in [3.63, 3.8) is 0 Å². The van der Waals surface area contributed by atoms with Crippen molar-refractivity contribution in [1.82, 2.24) is 10.2 Å². The summed E-state index contributed by atoms with van der Waals surface area (Å²) in [4.78, 5) is 2.38. The Morgan fingerprint density at radius 2 is 2.12 bits per heavy atom. The fourth-order valence-electron chi connectivity index (χ4n) is 2.80. The van der Waals surface area contributed by atoms with Crippen LogP contribution in [-0.4, -0.2) is 48.3 Å². The molecular formula is C13H26N2O. The summed E-state index contributed by atoms with van der Waals surface area (Å²) < 4.78 is 0. The molecule has 2 fully saturated rings. The van der Waals surface area contributed by atoms with E-state index in [-0.39, 0.29) is 6.10 Å². The van der Waals surface area contributed by atoms with E-state index in [9.17, 15) is 5.11 Å². The van der Waals surface area contributed by atoms with Gasteiger partial charge in [-0.05, 0) is 44.7 Å². The van der Waals surface area contributed by atoms with E-state index in [1.54, 1.807) is 0 Å². The fraction of sp³-hybridized carbons (Fsp3) is 1.00. The Bertz CT molecular complexity index is 204. The van der Waals surface area contributed by atoms with Gasteiger partial charge in [-0.3, -0.25) is 0 Å². The number of β-amino-alcohol motifs (C(OH)–C–C–N with tert-alkyl or cyclic N) is 1. The van der Waals surface area contributed by atoms with Crippen LogP contribution >= 0.6 is 0 Å². The molecule has 1 aliphatic heterocycles. The summed E-state index contributed by atoms with van der Waals surface area (Å²) in [5.41, 5.74) is 0. The van der Waals surface area contributed by atoms with Crippen LogP contribution in [0.2, 0.25) is 0 Å². The molecule has 3 nitrogen and oxygen atoms in total. The first-order valence-electron chi connectivity index (χ1n) is 6.93. The summed E-state index contributed by atoms with van der Waals surface area (Å²) in [5, 5.41) is 13.4. The molecule has 2 N–H and O–H groups in total. The van der Waals surface area contributed by atoms with Gasteiger partial charge < -0.3 is 15.3 Å². The lowest BCUT2D eigenvalue weighted by Gasteiger charge is -2.19. The van der Waals surface area contributed by atoms with E-state index in [4.69, 9.17) is 0 Å². The first-order valence-corrected chi connectivity index (χ1v) is 6.93. The zero-order valence-corrected chi connectivity index (χ0v) is 10.5. The molecule has 2 rings (SSSR count). The lowest BCUT2D eigenvalue weighted by atomic mass is 10.2. The van der Waals surface area contributed by atoms with Crippen molar-refractivity contribution >= 4 is 0 Å². The molecule has 0 aromatic rings. The Hall–Kier alpha value is -0.120. The van der Waals surface area contributed by atoms with Gasteiger partial charge in [-0.2, -0.15) is 0 Å². The van der Waals surface area contributed by atoms with E-state index in [0.29, 0.717) is 6.04 Å². The maximum absolute atomic E-state index is 9.90. The number of aliphatic hydroxyl groups excluding tert-OH is 1. The summed E-state index contributed by atoms with van der Waals surface area (Å²) in [6.07, 6.45) is 6.40. The number of nitrogens with one attached hydrogen (secondary N) is 1. The highest BCUT2D eigenvalue weighted by atomic mass is 16.3. The maximum atomic E-state index is 9.90. The van der Waals surface area contributed by atoms with Crippen LogP contribution in [0.15, 0.2) is 0 Å². The van der Waals surface area contributed by atoms with Crippen LogP contribution in [0, 0.1) is 5.92 Å². The van der Waals surface area contributed by atoms with Gasteiger partial charge in [0.05, 0.1) is 6.10 Å². The van der Waals surface area contributed by atoms with E-state index in [0.717, 1.165) is 19.0 Å². The largest absolute Gasteiger partial charge is 0.390 e. The average Bonchev–Trinajstić information content (AvgIpc) is 2.79. The monoisotopic (exact) mass is 226 g/mol. The fourth-order valence-corrected chi connectivity index (χ4v) is 2.80. The number of hydrogen-bond acceptors (Lipinski definition) is 3. The third-order valence-electron chi connectivity index (χ3n) is 3.87. The number of aliphatic hydroxyl groups is 1. The van der Waals surface area contributed by atoms with Gasteiger partial charge in [-0.1, -0.05) is 13.3 Å². The van der Waals surface area contributed by atoms with Crippen molar-refractivity contribution in [3.05, 3.63) is 0 Å². The Balaban J connectivity index is 1.52. The van der Waals surface area contributed by atoms with Gasteiger partial charge >= 0.3 is 0 Å². The van der Waals surface area contributed by atoms with E-state index in [1.165, 1.54) is 45.2 Å². The lowest BCUT2D eigenvalue weighted by Crippen LogP contribution is -2.38. The normalized spacial score (nSPS) is 31.9. The second-order valence-corrected chi connectivity index (χ2v) is 5.46. The Morgan fingerprint density at radius 3 is 2.81 bits per heavy atom. The zero-order chi connectivity index (χ0) is 11.4. The van der Waals surface area contributed by atoms with Crippen molar-refractivity contribution in [2.45, 2.75) is 51.2 Å². The first kappa shape index (κ1) is 12.3. The SMILES string of the molecule is CCCC1CC1NCC(O)CN1CCCC1. The molecule has 0 aromatic carbocycles. The molecule has 1 saturated carbocycles. The smallest absolute Gasteiger partial charge is 0.0791 e. The van der Waals surface area contributed by atoms with Gasteiger partial charge in [-0.25, -0.2) is 0 Å². The van der Waals surface area contributed by atoms with Gasteiger partial charge in [-0.15, -0.1) is 0 Å². The van der Waals surface area contributed by atoms with Crippen LogP contribution in [-0.2, 0) is 0 Å². The summed E-state index contributed by atoms with van der Waals surface area (Å²) >= 11 is 0. The van der Waals surface area contributed by atoms with Crippen molar-refractivity contribution in [3.8, 4) is 0 Å². The van der Waals surface area contributed by atoms with Crippen LogP contribution < -0.4 is 5.32 Å². The quantitative estimate of drug-likeness (QED) is 0.685. The van der Waals surface area contributed by atoms with Gasteiger partial charge in [0.25, 0.3) is 0 Å². The molecule has 1 aliphatic carbocycles. The minimum Gasteiger partial charge on any atom is -0.390 e. The molecule has 0 aromatic heterocycles. The first-order chi connectivity index (χ1) is 7.79. The number of nitrogens with zero attached hydrogens (tertiary/aromatic N) is 1. The highest BCUT2D eigenvalue weighted by Gasteiger charge is 2.35. The second kappa shape index (κ2) is 5.99. The van der Waals surface area contributed by atoms with E-state index in [2.05, 4.69) is 17.1 Å². The summed E-state index contributed by atoms with van der Waals surface area (Å²) in [5.74, 6) is 0.893. The molecule has 3 atom stereocenters. The Kier molecular flexibility index (Phi) is 4.62. The van der Waals surface area contributed by atoms with Gasteiger partial charge in [0, 0.05) is 19.1 Å². The second-order valence-electron chi connectivity index (χ2n) is 5.46. The predicted octanol–water partition coefficient (Wildman–Crippen LogP) is 1.22. The Labute approximate surface area is 99.2 Å². The van der Waals surface area contributed by atoms with Crippen molar-refractivity contribution < 1.29 is 5.11 Å². The molecule has 0 radical (unpaired) electrons. The highest BCUT2D eigenvalue weighted by molar-refractivity contribution is 4.93. The zero-order valence-electron chi connectivity index (χ0n) is 10.5. The van der Waals surface area contributed by atoms with Gasteiger partial charge in [0.15, 0.2) is 0 Å². The molecule has 16 heavy (non-hydrogen) atoms. The lowest BCUT2D eigenvalue weighted by molar-refractivity contribution is 0.123. The summed E-state index contributed by atoms with van der Waals surface area (Å²) in [6.45, 7) is 6.25. The molecule has 2 aliphatic rings. The van der Waals surface area contributed by atoms with Crippen LogP contribution in [0.25, 0.3) is 0 Å². The van der Waals surface area contributed by atoms with Crippen LogP contribution in [0.3, 0.4) is 0 Å². The molecular weight excluding hydrogens is 200 g/mol. The number of hydrogen-bond donors (Lipinski definition) is 2. The summed E-state index contributed by atoms with van der Waals surface area (Å²) in [7, 11) is 0. The molecule has 0 amide bonds. The Morgan fingerprint density at radius 1 is 1.38 bits per heavy atom. The molecule has 3 heteroatoms. The van der Waals surface area contributed by atoms with Crippen LogP contribution in [0.5, 0.6) is 0 Å². The van der Waals surface area contributed by atoms with Gasteiger partial charge in [0.1, 0.15) is 0 Å². The van der Waals surface area contributed by atoms with Crippen LogP contribution in [0.4, 0.5) is 0 Å². The molecule has 94 valence electrons. The molecule has 3 unspecified atom stereocenters. The van der Waals surface area contributed by atoms with E-state index < -0.39 is 0 Å². The van der Waals surface area contributed by atoms with E-state index >= 15 is 0 Å². The number of rotatable bonds is 7. The van der Waals surface area contributed by atoms with Crippen LogP contribution in [0.1, 0.15) is 39.0 Å².